The number of pyridine rings is 1. The Balaban J connectivity index is 1.42. The Labute approximate surface area is 204 Å². The zero-order valence-corrected chi connectivity index (χ0v) is 20.3. The van der Waals surface area contributed by atoms with Gasteiger partial charge in [0.1, 0.15) is 17.5 Å². The first kappa shape index (κ1) is 22.8. The van der Waals surface area contributed by atoms with Crippen molar-refractivity contribution in [3.05, 3.63) is 69.9 Å². The van der Waals surface area contributed by atoms with E-state index in [9.17, 15) is 9.90 Å². The lowest BCUT2D eigenvalue weighted by Gasteiger charge is -2.28. The number of aryl methyl sites for hydroxylation is 3. The number of rotatable bonds is 6. The van der Waals surface area contributed by atoms with Crippen LogP contribution in [0.3, 0.4) is 0 Å². The molecule has 2 unspecified atom stereocenters. The molecule has 3 aromatic rings. The Morgan fingerprint density at radius 3 is 2.65 bits per heavy atom. The maximum Gasteiger partial charge on any atom is 0.306 e. The molecule has 1 aliphatic carbocycles. The van der Waals surface area contributed by atoms with Gasteiger partial charge < -0.3 is 9.84 Å². The summed E-state index contributed by atoms with van der Waals surface area (Å²) in [5.41, 5.74) is 6.23. The average molecular weight is 478 g/mol. The van der Waals surface area contributed by atoms with E-state index in [4.69, 9.17) is 26.3 Å². The summed E-state index contributed by atoms with van der Waals surface area (Å²) in [4.78, 5) is 25.4. The van der Waals surface area contributed by atoms with Gasteiger partial charge in [0, 0.05) is 17.5 Å². The van der Waals surface area contributed by atoms with Gasteiger partial charge in [0.25, 0.3) is 0 Å². The highest BCUT2D eigenvalue weighted by Crippen LogP contribution is 2.48. The van der Waals surface area contributed by atoms with Crippen molar-refractivity contribution in [3.63, 3.8) is 0 Å². The van der Waals surface area contributed by atoms with E-state index in [1.54, 1.807) is 12.4 Å². The molecule has 5 rings (SSSR count). The van der Waals surface area contributed by atoms with Crippen LogP contribution < -0.4 is 4.74 Å². The van der Waals surface area contributed by atoms with Gasteiger partial charge in [0.2, 0.25) is 0 Å². The fraction of sp³-hybridized carbons (Fsp3) is 0.407. The SMILES string of the molecule is Cc1cc(-c2cnc([C@@H]3CCc4ccc(C(C5CC5)C(C)C(=O)O)cc4O3)c(C)n2)c(Cl)cn1. The molecule has 2 aromatic heterocycles. The fourth-order valence-electron chi connectivity index (χ4n) is 5.04. The second kappa shape index (κ2) is 8.99. The summed E-state index contributed by atoms with van der Waals surface area (Å²) in [5, 5.41) is 10.2. The highest BCUT2D eigenvalue weighted by Gasteiger charge is 2.39. The number of hydrogen-bond acceptors (Lipinski definition) is 5. The van der Waals surface area contributed by atoms with Crippen LogP contribution in [-0.2, 0) is 11.2 Å². The van der Waals surface area contributed by atoms with Gasteiger partial charge in [-0.05, 0) is 74.6 Å². The number of hydrogen-bond donors (Lipinski definition) is 1. The molecule has 7 heteroatoms. The van der Waals surface area contributed by atoms with E-state index < -0.39 is 11.9 Å². The van der Waals surface area contributed by atoms with Crippen LogP contribution in [0.2, 0.25) is 5.02 Å². The first-order valence-corrected chi connectivity index (χ1v) is 12.2. The maximum atomic E-state index is 11.7. The second-order valence-electron chi connectivity index (χ2n) is 9.53. The molecule has 0 saturated heterocycles. The van der Waals surface area contributed by atoms with Crippen molar-refractivity contribution in [1.29, 1.82) is 0 Å². The molecule has 34 heavy (non-hydrogen) atoms. The van der Waals surface area contributed by atoms with Crippen LogP contribution >= 0.6 is 11.6 Å². The molecule has 1 aromatic carbocycles. The van der Waals surface area contributed by atoms with Crippen LogP contribution in [-0.4, -0.2) is 26.0 Å². The number of carbonyl (C=O) groups is 1. The lowest BCUT2D eigenvalue weighted by Crippen LogP contribution is -2.22. The van der Waals surface area contributed by atoms with Crippen LogP contribution in [0.5, 0.6) is 5.75 Å². The van der Waals surface area contributed by atoms with E-state index in [-0.39, 0.29) is 12.0 Å². The van der Waals surface area contributed by atoms with Crippen molar-refractivity contribution in [2.24, 2.45) is 11.8 Å². The monoisotopic (exact) mass is 477 g/mol. The first-order valence-electron chi connectivity index (χ1n) is 11.8. The minimum atomic E-state index is -0.746. The van der Waals surface area contributed by atoms with Crippen LogP contribution in [0, 0.1) is 25.7 Å². The highest BCUT2D eigenvalue weighted by molar-refractivity contribution is 6.33. The molecule has 0 bridgehead atoms. The largest absolute Gasteiger partial charge is 0.484 e. The molecule has 1 N–H and O–H groups in total. The van der Waals surface area contributed by atoms with Gasteiger partial charge in [-0.25, -0.2) is 4.98 Å². The summed E-state index contributed by atoms with van der Waals surface area (Å²) in [7, 11) is 0. The Morgan fingerprint density at radius 2 is 1.94 bits per heavy atom. The molecule has 3 heterocycles. The van der Waals surface area contributed by atoms with E-state index in [2.05, 4.69) is 23.2 Å². The number of halogens is 1. The number of aliphatic carboxylic acids is 1. The molecule has 0 spiro atoms. The van der Waals surface area contributed by atoms with Gasteiger partial charge in [-0.15, -0.1) is 0 Å². The maximum absolute atomic E-state index is 11.7. The van der Waals surface area contributed by atoms with Gasteiger partial charge in [0.15, 0.2) is 0 Å². The van der Waals surface area contributed by atoms with Crippen molar-refractivity contribution >= 4 is 17.6 Å². The number of aromatic nitrogens is 3. The molecular weight excluding hydrogens is 450 g/mol. The van der Waals surface area contributed by atoms with Crippen LogP contribution in [0.4, 0.5) is 0 Å². The molecule has 6 nitrogen and oxygen atoms in total. The first-order chi connectivity index (χ1) is 16.3. The minimum absolute atomic E-state index is 0.0150. The molecule has 1 fully saturated rings. The lowest BCUT2D eigenvalue weighted by atomic mass is 9.82. The highest BCUT2D eigenvalue weighted by atomic mass is 35.5. The predicted octanol–water partition coefficient (Wildman–Crippen LogP) is 6.09. The summed E-state index contributed by atoms with van der Waals surface area (Å²) in [5.74, 6) is 0.113. The minimum Gasteiger partial charge on any atom is -0.484 e. The van der Waals surface area contributed by atoms with Crippen molar-refractivity contribution < 1.29 is 14.6 Å². The van der Waals surface area contributed by atoms with Crippen LogP contribution in [0.1, 0.15) is 66.4 Å². The van der Waals surface area contributed by atoms with Gasteiger partial charge in [-0.1, -0.05) is 30.7 Å². The smallest absolute Gasteiger partial charge is 0.306 e. The standard InChI is InChI=1S/C27H28ClN3O3/c1-14-10-20(21(28)12-29-14)22-13-30-26(16(3)31-22)23-9-8-17-4-7-19(11-24(17)34-23)25(18-5-6-18)15(2)27(32)33/h4,7,10-13,15,18,23,25H,5-6,8-9H2,1-3H3,(H,32,33)/t15?,23-,25?/m0/s1. The average Bonchev–Trinajstić information content (AvgIpc) is 3.65. The molecule has 2 aliphatic rings. The molecule has 1 aliphatic heterocycles. The summed E-state index contributed by atoms with van der Waals surface area (Å²) in [6.07, 6.45) is 7.05. The summed E-state index contributed by atoms with van der Waals surface area (Å²) < 4.78 is 6.43. The van der Waals surface area contributed by atoms with Gasteiger partial charge >= 0.3 is 5.97 Å². The molecule has 1 saturated carbocycles. The second-order valence-corrected chi connectivity index (χ2v) is 9.94. The van der Waals surface area contributed by atoms with Crippen LogP contribution in [0.15, 0.2) is 36.7 Å². The Hall–Kier alpha value is -2.99. The Kier molecular flexibility index (Phi) is 6.02. The third kappa shape index (κ3) is 4.39. The fourth-order valence-corrected chi connectivity index (χ4v) is 5.24. The zero-order valence-electron chi connectivity index (χ0n) is 19.6. The third-order valence-electron chi connectivity index (χ3n) is 7.04. The van der Waals surface area contributed by atoms with E-state index in [0.29, 0.717) is 16.6 Å². The molecular formula is C27H28ClN3O3. The number of fused-ring (bicyclic) bond motifs is 1. The Bertz CT molecular complexity index is 1260. The van der Waals surface area contributed by atoms with Gasteiger partial charge in [-0.3, -0.25) is 14.8 Å². The molecule has 0 radical (unpaired) electrons. The number of ether oxygens (including phenoxy) is 1. The topological polar surface area (TPSA) is 85.2 Å². The molecule has 0 amide bonds. The third-order valence-corrected chi connectivity index (χ3v) is 7.34. The number of nitrogens with zero attached hydrogens (tertiary/aromatic N) is 3. The summed E-state index contributed by atoms with van der Waals surface area (Å²) in [6, 6.07) is 8.15. The molecule has 176 valence electrons. The number of benzene rings is 1. The summed E-state index contributed by atoms with van der Waals surface area (Å²) in [6.45, 7) is 5.67. The summed E-state index contributed by atoms with van der Waals surface area (Å²) >= 11 is 6.34. The van der Waals surface area contributed by atoms with Gasteiger partial charge in [-0.2, -0.15) is 0 Å². The van der Waals surface area contributed by atoms with E-state index in [1.807, 2.05) is 26.8 Å². The van der Waals surface area contributed by atoms with Crippen molar-refractivity contribution in [3.8, 4) is 17.0 Å². The quantitative estimate of drug-likeness (QED) is 0.462. The predicted molar refractivity (Wildman–Crippen MR) is 130 cm³/mol. The van der Waals surface area contributed by atoms with E-state index in [1.165, 1.54) is 0 Å². The zero-order chi connectivity index (χ0) is 24.0. The van der Waals surface area contributed by atoms with E-state index in [0.717, 1.165) is 65.2 Å². The van der Waals surface area contributed by atoms with Crippen molar-refractivity contribution in [2.75, 3.05) is 0 Å². The lowest BCUT2D eigenvalue weighted by molar-refractivity contribution is -0.142. The number of carboxylic acids is 1. The van der Waals surface area contributed by atoms with Crippen molar-refractivity contribution in [2.45, 2.75) is 58.5 Å². The van der Waals surface area contributed by atoms with E-state index >= 15 is 0 Å². The normalized spacial score (nSPS) is 19.1. The van der Waals surface area contributed by atoms with Crippen LogP contribution in [0.25, 0.3) is 11.3 Å². The van der Waals surface area contributed by atoms with Crippen molar-refractivity contribution in [1.82, 2.24) is 15.0 Å². The Morgan fingerprint density at radius 1 is 1.15 bits per heavy atom. The van der Waals surface area contributed by atoms with Gasteiger partial charge in [0.05, 0.1) is 28.5 Å². The molecule has 3 atom stereocenters. The number of carboxylic acid groups (broad SMARTS) is 1.